The molecule has 0 aliphatic rings. The molecule has 0 aliphatic heterocycles. The molecule has 2 atom stereocenters. The number of para-hydroxylation sites is 1. The highest BCUT2D eigenvalue weighted by molar-refractivity contribution is 5.93. The van der Waals surface area contributed by atoms with Crippen molar-refractivity contribution in [2.75, 3.05) is 6.61 Å². The molecule has 0 aliphatic carbocycles. The molecular formula is C26H30FN3O5. The number of halogens is 1. The minimum atomic E-state index is -1.07. The van der Waals surface area contributed by atoms with Crippen LogP contribution in [-0.4, -0.2) is 44.6 Å². The monoisotopic (exact) mass is 483 g/mol. The maximum atomic E-state index is 14.5. The number of carboxylic acids is 1. The molecule has 3 aromatic rings. The van der Waals surface area contributed by atoms with Gasteiger partial charge in [0.05, 0.1) is 18.6 Å². The molecular weight excluding hydrogens is 453 g/mol. The number of aliphatic hydroxyl groups excluding tert-OH is 1. The SMILES string of the molecule is Cc1ccccc1C(CC(=O)O)NC(=O)c1cc(OC[C@@H](O)C(C)(C)C)n(-c2ccccc2F)n1. The fourth-order valence-corrected chi connectivity index (χ4v) is 3.41. The van der Waals surface area contributed by atoms with Gasteiger partial charge in [-0.3, -0.25) is 9.59 Å². The number of amides is 1. The van der Waals surface area contributed by atoms with Gasteiger partial charge in [0.1, 0.15) is 18.1 Å². The first-order valence-corrected chi connectivity index (χ1v) is 11.2. The van der Waals surface area contributed by atoms with Crippen molar-refractivity contribution in [2.45, 2.75) is 46.3 Å². The zero-order chi connectivity index (χ0) is 25.8. The van der Waals surface area contributed by atoms with Gasteiger partial charge in [0.25, 0.3) is 5.91 Å². The summed E-state index contributed by atoms with van der Waals surface area (Å²) in [5.41, 5.74) is 1.02. The molecule has 0 saturated heterocycles. The van der Waals surface area contributed by atoms with Gasteiger partial charge in [0, 0.05) is 6.07 Å². The predicted molar refractivity (Wildman–Crippen MR) is 128 cm³/mol. The number of ether oxygens (including phenoxy) is 1. The van der Waals surface area contributed by atoms with Crippen molar-refractivity contribution in [1.82, 2.24) is 15.1 Å². The van der Waals surface area contributed by atoms with Gasteiger partial charge in [-0.2, -0.15) is 9.78 Å². The highest BCUT2D eigenvalue weighted by atomic mass is 19.1. The summed E-state index contributed by atoms with van der Waals surface area (Å²) < 4.78 is 21.4. The van der Waals surface area contributed by atoms with Crippen LogP contribution in [0.2, 0.25) is 0 Å². The summed E-state index contributed by atoms with van der Waals surface area (Å²) in [6.07, 6.45) is -1.16. The first kappa shape index (κ1) is 25.9. The third-order valence-corrected chi connectivity index (χ3v) is 5.63. The summed E-state index contributed by atoms with van der Waals surface area (Å²) in [4.78, 5) is 24.6. The summed E-state index contributed by atoms with van der Waals surface area (Å²) >= 11 is 0. The maximum Gasteiger partial charge on any atom is 0.305 e. The molecule has 186 valence electrons. The van der Waals surface area contributed by atoms with Gasteiger partial charge >= 0.3 is 5.97 Å². The van der Waals surface area contributed by atoms with E-state index in [4.69, 9.17) is 4.74 Å². The molecule has 1 aromatic heterocycles. The van der Waals surface area contributed by atoms with Crippen LogP contribution in [0.1, 0.15) is 54.8 Å². The molecule has 3 N–H and O–H groups in total. The number of hydrogen-bond donors (Lipinski definition) is 3. The largest absolute Gasteiger partial charge is 0.481 e. The zero-order valence-corrected chi connectivity index (χ0v) is 20.2. The molecule has 8 nitrogen and oxygen atoms in total. The number of aliphatic carboxylic acids is 1. The molecule has 1 amide bonds. The average molecular weight is 484 g/mol. The van der Waals surface area contributed by atoms with E-state index in [1.165, 1.54) is 24.3 Å². The lowest BCUT2D eigenvalue weighted by atomic mass is 9.90. The second-order valence-electron chi connectivity index (χ2n) is 9.40. The van der Waals surface area contributed by atoms with Gasteiger partial charge in [-0.05, 0) is 35.6 Å². The number of carboxylic acid groups (broad SMARTS) is 1. The predicted octanol–water partition coefficient (Wildman–Crippen LogP) is 4.05. The van der Waals surface area contributed by atoms with Crippen LogP contribution in [-0.2, 0) is 4.79 Å². The summed E-state index contributed by atoms with van der Waals surface area (Å²) in [6.45, 7) is 7.28. The van der Waals surface area contributed by atoms with E-state index >= 15 is 0 Å². The minimum absolute atomic E-state index is 0.0628. The van der Waals surface area contributed by atoms with Crippen molar-refractivity contribution in [3.63, 3.8) is 0 Å². The van der Waals surface area contributed by atoms with E-state index < -0.39 is 35.3 Å². The highest BCUT2D eigenvalue weighted by Gasteiger charge is 2.26. The number of aromatic nitrogens is 2. The number of aliphatic hydroxyl groups is 1. The van der Waals surface area contributed by atoms with Crippen molar-refractivity contribution >= 4 is 11.9 Å². The molecule has 2 aromatic carbocycles. The second-order valence-corrected chi connectivity index (χ2v) is 9.40. The molecule has 1 unspecified atom stereocenters. The van der Waals surface area contributed by atoms with Crippen LogP contribution in [0.4, 0.5) is 4.39 Å². The van der Waals surface area contributed by atoms with E-state index in [2.05, 4.69) is 10.4 Å². The Labute approximate surface area is 203 Å². The van der Waals surface area contributed by atoms with Crippen LogP contribution >= 0.6 is 0 Å². The number of nitrogens with one attached hydrogen (secondary N) is 1. The van der Waals surface area contributed by atoms with Gasteiger partial charge < -0.3 is 20.3 Å². The van der Waals surface area contributed by atoms with Gasteiger partial charge in [-0.25, -0.2) is 4.39 Å². The summed E-state index contributed by atoms with van der Waals surface area (Å²) in [7, 11) is 0. The first-order valence-electron chi connectivity index (χ1n) is 11.2. The first-order chi connectivity index (χ1) is 16.5. The Kier molecular flexibility index (Phi) is 7.91. The lowest BCUT2D eigenvalue weighted by molar-refractivity contribution is -0.137. The number of carbonyl (C=O) groups excluding carboxylic acids is 1. The van der Waals surface area contributed by atoms with Crippen LogP contribution in [0.15, 0.2) is 54.6 Å². The third kappa shape index (κ3) is 6.45. The Balaban J connectivity index is 1.94. The molecule has 3 rings (SSSR count). The Morgan fingerprint density at radius 1 is 1.14 bits per heavy atom. The molecule has 9 heteroatoms. The van der Waals surface area contributed by atoms with Crippen molar-refractivity contribution in [3.05, 3.63) is 77.2 Å². The highest BCUT2D eigenvalue weighted by Crippen LogP contribution is 2.26. The Morgan fingerprint density at radius 3 is 2.43 bits per heavy atom. The molecule has 0 spiro atoms. The minimum Gasteiger partial charge on any atom is -0.481 e. The second kappa shape index (κ2) is 10.7. The normalized spacial score (nSPS) is 13.2. The van der Waals surface area contributed by atoms with E-state index in [1.807, 2.05) is 39.8 Å². The van der Waals surface area contributed by atoms with Crippen LogP contribution in [0.25, 0.3) is 5.69 Å². The Hall–Kier alpha value is -3.72. The molecule has 0 saturated carbocycles. The third-order valence-electron chi connectivity index (χ3n) is 5.63. The molecule has 1 heterocycles. The van der Waals surface area contributed by atoms with Gasteiger partial charge in [-0.15, -0.1) is 0 Å². The van der Waals surface area contributed by atoms with Crippen molar-refractivity contribution in [3.8, 4) is 11.6 Å². The summed E-state index contributed by atoms with van der Waals surface area (Å²) in [5, 5.41) is 26.7. The number of rotatable bonds is 9. The fraction of sp³-hybridized carbons (Fsp3) is 0.346. The standard InChI is InChI=1S/C26H30FN3O5/c1-16-9-5-6-10-17(16)19(14-24(32)33)28-25(34)20-13-23(35-15-22(31)26(2,3)4)30(29-20)21-12-8-7-11-18(21)27/h5-13,19,22,31H,14-15H2,1-4H3,(H,28,34)(H,32,33)/t19?,22-/m1/s1. The Bertz CT molecular complexity index is 1200. The number of carbonyl (C=O) groups is 2. The van der Waals surface area contributed by atoms with Crippen LogP contribution in [0.5, 0.6) is 5.88 Å². The number of hydrogen-bond acceptors (Lipinski definition) is 5. The summed E-state index contributed by atoms with van der Waals surface area (Å²) in [5.74, 6) is -2.23. The smallest absolute Gasteiger partial charge is 0.305 e. The molecule has 35 heavy (non-hydrogen) atoms. The molecule has 0 fully saturated rings. The van der Waals surface area contributed by atoms with E-state index in [9.17, 15) is 24.2 Å². The molecule has 0 bridgehead atoms. The lowest BCUT2D eigenvalue weighted by Gasteiger charge is -2.25. The number of aryl methyl sites for hydroxylation is 1. The molecule has 0 radical (unpaired) electrons. The van der Waals surface area contributed by atoms with Crippen LogP contribution in [0, 0.1) is 18.2 Å². The number of benzene rings is 2. The van der Waals surface area contributed by atoms with Gasteiger partial charge in [-0.1, -0.05) is 57.2 Å². The van der Waals surface area contributed by atoms with Crippen LogP contribution < -0.4 is 10.1 Å². The fourth-order valence-electron chi connectivity index (χ4n) is 3.41. The maximum absolute atomic E-state index is 14.5. The van der Waals surface area contributed by atoms with Crippen LogP contribution in [0.3, 0.4) is 0 Å². The average Bonchev–Trinajstić information content (AvgIpc) is 3.21. The quantitative estimate of drug-likeness (QED) is 0.423. The topological polar surface area (TPSA) is 114 Å². The van der Waals surface area contributed by atoms with E-state index in [1.54, 1.807) is 18.2 Å². The van der Waals surface area contributed by atoms with E-state index in [0.717, 1.165) is 10.2 Å². The number of nitrogens with zero attached hydrogens (tertiary/aromatic N) is 2. The van der Waals surface area contributed by atoms with Crippen molar-refractivity contribution in [1.29, 1.82) is 0 Å². The van der Waals surface area contributed by atoms with E-state index in [0.29, 0.717) is 5.56 Å². The summed E-state index contributed by atoms with van der Waals surface area (Å²) in [6, 6.07) is 13.6. The van der Waals surface area contributed by atoms with Crippen molar-refractivity contribution in [2.24, 2.45) is 5.41 Å². The van der Waals surface area contributed by atoms with Gasteiger partial charge in [0.2, 0.25) is 5.88 Å². The lowest BCUT2D eigenvalue weighted by Crippen LogP contribution is -2.32. The van der Waals surface area contributed by atoms with Crippen molar-refractivity contribution < 1.29 is 28.9 Å². The Morgan fingerprint density at radius 2 is 1.80 bits per heavy atom. The zero-order valence-electron chi connectivity index (χ0n) is 20.2. The van der Waals surface area contributed by atoms with Gasteiger partial charge in [0.15, 0.2) is 5.69 Å². The van der Waals surface area contributed by atoms with E-state index in [-0.39, 0.29) is 30.3 Å².